The van der Waals surface area contributed by atoms with Crippen LogP contribution in [0.4, 0.5) is 0 Å². The summed E-state index contributed by atoms with van der Waals surface area (Å²) in [5.41, 5.74) is 0.620. The number of carbonyl (C=O) groups is 1. The molecule has 5 heteroatoms. The summed E-state index contributed by atoms with van der Waals surface area (Å²) in [6.07, 6.45) is 0.465. The number of ketones is 1. The van der Waals surface area contributed by atoms with E-state index in [1.54, 1.807) is 18.2 Å². The molecule has 5 nitrogen and oxygen atoms in total. The van der Waals surface area contributed by atoms with Gasteiger partial charge in [-0.05, 0) is 25.2 Å². The van der Waals surface area contributed by atoms with E-state index in [1.165, 1.54) is 0 Å². The first-order chi connectivity index (χ1) is 9.74. The summed E-state index contributed by atoms with van der Waals surface area (Å²) in [4.78, 5) is 14.6. The number of hydrogen-bond donors (Lipinski definition) is 0. The van der Waals surface area contributed by atoms with Crippen molar-refractivity contribution >= 4 is 5.78 Å². The second-order valence-electron chi connectivity index (χ2n) is 5.20. The summed E-state index contributed by atoms with van der Waals surface area (Å²) < 4.78 is 16.8. The zero-order valence-corrected chi connectivity index (χ0v) is 11.6. The molecule has 1 saturated heterocycles. The second kappa shape index (κ2) is 5.81. The van der Waals surface area contributed by atoms with Gasteiger partial charge in [0.05, 0.1) is 19.8 Å². The Morgan fingerprint density at radius 3 is 2.80 bits per heavy atom. The molecule has 20 heavy (non-hydrogen) atoms. The van der Waals surface area contributed by atoms with Gasteiger partial charge in [-0.15, -0.1) is 0 Å². The molecule has 3 rings (SSSR count). The zero-order chi connectivity index (χ0) is 13.9. The Morgan fingerprint density at radius 1 is 1.20 bits per heavy atom. The van der Waals surface area contributed by atoms with E-state index in [9.17, 15) is 4.79 Å². The van der Waals surface area contributed by atoms with E-state index in [-0.39, 0.29) is 5.78 Å². The third-order valence-electron chi connectivity index (χ3n) is 3.59. The molecule has 2 aliphatic heterocycles. The van der Waals surface area contributed by atoms with Crippen LogP contribution in [0.1, 0.15) is 16.8 Å². The van der Waals surface area contributed by atoms with Crippen molar-refractivity contribution in [3.63, 3.8) is 0 Å². The molecule has 1 aromatic carbocycles. The third kappa shape index (κ3) is 2.78. The lowest BCUT2D eigenvalue weighted by molar-refractivity contribution is -0.00863. The Labute approximate surface area is 118 Å². The van der Waals surface area contributed by atoms with Crippen molar-refractivity contribution in [3.8, 4) is 11.5 Å². The molecule has 0 spiro atoms. The Balaban J connectivity index is 1.79. The highest BCUT2D eigenvalue weighted by Gasteiger charge is 2.26. The van der Waals surface area contributed by atoms with Crippen LogP contribution in [-0.4, -0.2) is 56.7 Å². The van der Waals surface area contributed by atoms with Gasteiger partial charge in [-0.2, -0.15) is 0 Å². The van der Waals surface area contributed by atoms with Crippen LogP contribution in [0.25, 0.3) is 0 Å². The standard InChI is InChI=1S/C15H19NO4/c1-16-5-8-20-14(10-16)15(17)11-3-4-12-13(9-11)19-7-2-6-18-12/h3-4,9,14H,2,5-8,10H2,1H3. The van der Waals surface area contributed by atoms with E-state index in [4.69, 9.17) is 14.2 Å². The maximum Gasteiger partial charge on any atom is 0.193 e. The summed E-state index contributed by atoms with van der Waals surface area (Å²) in [5, 5.41) is 0. The molecule has 0 bridgehead atoms. The SMILES string of the molecule is CN1CCOC(C(=O)c2ccc3c(c2)OCCCO3)C1. The van der Waals surface area contributed by atoms with Crippen molar-refractivity contribution in [1.82, 2.24) is 4.90 Å². The molecule has 108 valence electrons. The Morgan fingerprint density at radius 2 is 2.00 bits per heavy atom. The third-order valence-corrected chi connectivity index (χ3v) is 3.59. The van der Waals surface area contributed by atoms with Crippen molar-refractivity contribution in [3.05, 3.63) is 23.8 Å². The lowest BCUT2D eigenvalue weighted by atomic mass is 10.0. The average molecular weight is 277 g/mol. The van der Waals surface area contributed by atoms with Gasteiger partial charge in [0, 0.05) is 25.1 Å². The molecular formula is C15H19NO4. The normalized spacial score (nSPS) is 23.1. The van der Waals surface area contributed by atoms with E-state index in [0.717, 1.165) is 13.0 Å². The van der Waals surface area contributed by atoms with Crippen molar-refractivity contribution < 1.29 is 19.0 Å². The van der Waals surface area contributed by atoms with Crippen LogP contribution in [0.2, 0.25) is 0 Å². The van der Waals surface area contributed by atoms with Gasteiger partial charge in [-0.3, -0.25) is 4.79 Å². The van der Waals surface area contributed by atoms with Crippen molar-refractivity contribution in [2.24, 2.45) is 0 Å². The molecule has 0 aliphatic carbocycles. The summed E-state index contributed by atoms with van der Waals surface area (Å²) in [5.74, 6) is 1.37. The number of nitrogens with zero attached hydrogens (tertiary/aromatic N) is 1. The van der Waals surface area contributed by atoms with E-state index < -0.39 is 6.10 Å². The molecule has 1 unspecified atom stereocenters. The van der Waals surface area contributed by atoms with E-state index >= 15 is 0 Å². The van der Waals surface area contributed by atoms with Crippen LogP contribution in [0.15, 0.2) is 18.2 Å². The number of ether oxygens (including phenoxy) is 3. The number of Topliss-reactive ketones (excluding diaryl/α,β-unsaturated/α-hetero) is 1. The number of morpholine rings is 1. The zero-order valence-electron chi connectivity index (χ0n) is 11.6. The molecular weight excluding hydrogens is 258 g/mol. The van der Waals surface area contributed by atoms with Crippen LogP contribution < -0.4 is 9.47 Å². The van der Waals surface area contributed by atoms with E-state index in [1.807, 2.05) is 7.05 Å². The van der Waals surface area contributed by atoms with Gasteiger partial charge in [-0.1, -0.05) is 0 Å². The number of rotatable bonds is 2. The minimum Gasteiger partial charge on any atom is -0.490 e. The van der Waals surface area contributed by atoms with Crippen LogP contribution in [-0.2, 0) is 4.74 Å². The van der Waals surface area contributed by atoms with E-state index in [2.05, 4.69) is 4.90 Å². The van der Waals surface area contributed by atoms with Gasteiger partial charge in [0.2, 0.25) is 0 Å². The molecule has 0 radical (unpaired) electrons. The van der Waals surface area contributed by atoms with Gasteiger partial charge in [0.15, 0.2) is 17.3 Å². The Kier molecular flexibility index (Phi) is 3.89. The van der Waals surface area contributed by atoms with Crippen molar-refractivity contribution in [2.45, 2.75) is 12.5 Å². The number of likely N-dealkylation sites (N-methyl/N-ethyl adjacent to an activating group) is 1. The van der Waals surface area contributed by atoms with E-state index in [0.29, 0.717) is 43.4 Å². The summed E-state index contributed by atoms with van der Waals surface area (Å²) in [6, 6.07) is 5.36. The first kappa shape index (κ1) is 13.4. The number of hydrogen-bond acceptors (Lipinski definition) is 5. The van der Waals surface area contributed by atoms with Crippen molar-refractivity contribution in [1.29, 1.82) is 0 Å². The lowest BCUT2D eigenvalue weighted by Gasteiger charge is -2.29. The molecule has 1 fully saturated rings. The predicted octanol–water partition coefficient (Wildman–Crippen LogP) is 1.36. The summed E-state index contributed by atoms with van der Waals surface area (Å²) in [7, 11) is 2.00. The maximum atomic E-state index is 12.5. The van der Waals surface area contributed by atoms with Gasteiger partial charge >= 0.3 is 0 Å². The van der Waals surface area contributed by atoms with Crippen LogP contribution in [0.3, 0.4) is 0 Å². The Bertz CT molecular complexity index is 503. The fraction of sp³-hybridized carbons (Fsp3) is 0.533. The predicted molar refractivity (Wildman–Crippen MR) is 73.6 cm³/mol. The fourth-order valence-corrected chi connectivity index (χ4v) is 2.44. The van der Waals surface area contributed by atoms with Gasteiger partial charge in [0.1, 0.15) is 6.10 Å². The highest BCUT2D eigenvalue weighted by Crippen LogP contribution is 2.31. The van der Waals surface area contributed by atoms with Gasteiger partial charge in [-0.25, -0.2) is 0 Å². The van der Waals surface area contributed by atoms with Crippen LogP contribution >= 0.6 is 0 Å². The monoisotopic (exact) mass is 277 g/mol. The molecule has 1 atom stereocenters. The number of fused-ring (bicyclic) bond motifs is 1. The summed E-state index contributed by atoms with van der Waals surface area (Å²) >= 11 is 0. The topological polar surface area (TPSA) is 48.0 Å². The molecule has 1 aromatic rings. The minimum atomic E-state index is -0.390. The minimum absolute atomic E-state index is 0.00666. The van der Waals surface area contributed by atoms with Gasteiger partial charge < -0.3 is 19.1 Å². The van der Waals surface area contributed by atoms with Crippen LogP contribution in [0, 0.1) is 0 Å². The largest absolute Gasteiger partial charge is 0.490 e. The first-order valence-corrected chi connectivity index (χ1v) is 6.98. The maximum absolute atomic E-state index is 12.5. The average Bonchev–Trinajstić information content (AvgIpc) is 2.71. The highest BCUT2D eigenvalue weighted by molar-refractivity contribution is 6.00. The molecule has 0 saturated carbocycles. The highest BCUT2D eigenvalue weighted by atomic mass is 16.5. The smallest absolute Gasteiger partial charge is 0.193 e. The van der Waals surface area contributed by atoms with Gasteiger partial charge in [0.25, 0.3) is 0 Å². The molecule has 2 heterocycles. The van der Waals surface area contributed by atoms with Crippen LogP contribution in [0.5, 0.6) is 11.5 Å². The lowest BCUT2D eigenvalue weighted by Crippen LogP contribution is -2.44. The second-order valence-corrected chi connectivity index (χ2v) is 5.20. The molecule has 0 aromatic heterocycles. The first-order valence-electron chi connectivity index (χ1n) is 6.98. The van der Waals surface area contributed by atoms with Crippen molar-refractivity contribution in [2.75, 3.05) is 40.0 Å². The molecule has 0 amide bonds. The quantitative estimate of drug-likeness (QED) is 0.764. The molecule has 2 aliphatic rings. The Hall–Kier alpha value is -1.59. The summed E-state index contributed by atoms with van der Waals surface area (Å²) in [6.45, 7) is 3.36. The molecule has 0 N–H and O–H groups in total. The fourth-order valence-electron chi connectivity index (χ4n) is 2.44. The number of benzene rings is 1. The number of carbonyl (C=O) groups excluding carboxylic acids is 1.